The van der Waals surface area contributed by atoms with Crippen molar-refractivity contribution in [3.8, 4) is 0 Å². The summed E-state index contributed by atoms with van der Waals surface area (Å²) in [6.07, 6.45) is 2.64. The third-order valence-electron chi connectivity index (χ3n) is 0.712. The summed E-state index contributed by atoms with van der Waals surface area (Å²) in [5, 5.41) is 8.93. The van der Waals surface area contributed by atoms with Crippen molar-refractivity contribution >= 4 is 27.5 Å². The lowest BCUT2D eigenvalue weighted by Gasteiger charge is -1.91. The Hall–Kier alpha value is -0.410. The van der Waals surface area contributed by atoms with E-state index in [0.29, 0.717) is 4.48 Å². The van der Waals surface area contributed by atoms with Crippen LogP contribution in [0.15, 0.2) is 34.1 Å². The molecule has 2 nitrogen and oxygen atoms in total. The van der Waals surface area contributed by atoms with Crippen LogP contribution in [0.3, 0.4) is 0 Å². The summed E-state index contributed by atoms with van der Waals surface area (Å²) in [4.78, 5) is 0. The molecule has 0 heterocycles. The van der Waals surface area contributed by atoms with Gasteiger partial charge in [0.25, 0.3) is 0 Å². The zero-order valence-corrected chi connectivity index (χ0v) is 7.48. The fraction of sp³-hybridized carbons (Fsp3) is 0. The van der Waals surface area contributed by atoms with Gasteiger partial charge in [-0.15, -0.1) is 0 Å². The van der Waals surface area contributed by atoms with Crippen molar-refractivity contribution in [2.24, 2.45) is 5.73 Å². The van der Waals surface area contributed by atoms with Crippen LogP contribution in [0.25, 0.3) is 0 Å². The van der Waals surface area contributed by atoms with Gasteiger partial charge in [-0.05, 0) is 28.1 Å². The minimum atomic E-state index is 0.00970. The molecular formula is C6H7BrClNO. The molecule has 0 fully saturated rings. The fourth-order valence-electron chi connectivity index (χ4n) is 0.258. The number of halogens is 2. The second-order valence-electron chi connectivity index (χ2n) is 1.47. The second-order valence-corrected chi connectivity index (χ2v) is 2.73. The molecule has 0 unspecified atom stereocenters. The zero-order chi connectivity index (χ0) is 8.15. The molecule has 0 bridgehead atoms. The van der Waals surface area contributed by atoms with Gasteiger partial charge in [-0.2, -0.15) is 0 Å². The first-order valence-electron chi connectivity index (χ1n) is 2.41. The quantitative estimate of drug-likeness (QED) is 0.430. The third kappa shape index (κ3) is 3.58. The van der Waals surface area contributed by atoms with Crippen LogP contribution in [-0.4, -0.2) is 5.11 Å². The van der Waals surface area contributed by atoms with E-state index in [1.807, 2.05) is 0 Å². The normalized spacial score (nSPS) is 14.4. The van der Waals surface area contributed by atoms with Crippen molar-refractivity contribution in [3.05, 3.63) is 34.1 Å². The maximum atomic E-state index is 8.84. The van der Waals surface area contributed by atoms with E-state index in [0.717, 1.165) is 0 Å². The van der Waals surface area contributed by atoms with Gasteiger partial charge in [0.1, 0.15) is 10.9 Å². The Kier molecular flexibility index (Phi) is 4.23. The number of hydrogen-bond donors (Lipinski definition) is 2. The van der Waals surface area contributed by atoms with Gasteiger partial charge in [-0.3, -0.25) is 0 Å². The van der Waals surface area contributed by atoms with Crippen molar-refractivity contribution in [2.75, 3.05) is 0 Å². The van der Waals surface area contributed by atoms with Crippen LogP contribution in [-0.2, 0) is 0 Å². The van der Waals surface area contributed by atoms with Gasteiger partial charge in [0.05, 0.1) is 4.48 Å². The number of aliphatic hydroxyl groups excluding tert-OH is 1. The van der Waals surface area contributed by atoms with Gasteiger partial charge in [0, 0.05) is 0 Å². The molecular weight excluding hydrogens is 217 g/mol. The molecule has 0 rings (SSSR count). The van der Waals surface area contributed by atoms with Gasteiger partial charge in [0.15, 0.2) is 0 Å². The fourth-order valence-corrected chi connectivity index (χ4v) is 0.547. The summed E-state index contributed by atoms with van der Waals surface area (Å²) in [5.41, 5.74) is 5.15. The molecule has 3 N–H and O–H groups in total. The lowest BCUT2D eigenvalue weighted by atomic mass is 10.4. The van der Waals surface area contributed by atoms with E-state index in [4.69, 9.17) is 22.4 Å². The highest BCUT2D eigenvalue weighted by Crippen LogP contribution is 2.14. The second kappa shape index (κ2) is 4.41. The molecule has 4 heteroatoms. The van der Waals surface area contributed by atoms with Crippen molar-refractivity contribution in [1.82, 2.24) is 0 Å². The Balaban J connectivity index is 4.42. The average Bonchev–Trinajstić information content (AvgIpc) is 1.87. The van der Waals surface area contributed by atoms with E-state index in [9.17, 15) is 0 Å². The number of nitrogens with two attached hydrogens (primary N) is 1. The minimum Gasteiger partial charge on any atom is -0.508 e. The number of rotatable bonds is 2. The molecule has 0 aliphatic rings. The molecule has 0 aromatic carbocycles. The SMILES string of the molecule is C=C/C(O)=C\C(Br)=C(/N)Cl. The molecule has 0 saturated carbocycles. The van der Waals surface area contributed by atoms with Gasteiger partial charge in [-0.1, -0.05) is 18.2 Å². The Morgan fingerprint density at radius 2 is 2.20 bits per heavy atom. The van der Waals surface area contributed by atoms with Crippen molar-refractivity contribution in [2.45, 2.75) is 0 Å². The average molecular weight is 224 g/mol. The maximum Gasteiger partial charge on any atom is 0.116 e. The van der Waals surface area contributed by atoms with E-state index >= 15 is 0 Å². The molecule has 0 aliphatic carbocycles. The zero-order valence-electron chi connectivity index (χ0n) is 5.14. The van der Waals surface area contributed by atoms with E-state index in [1.54, 1.807) is 0 Å². The summed E-state index contributed by atoms with van der Waals surface area (Å²) >= 11 is 8.37. The van der Waals surface area contributed by atoms with Crippen LogP contribution < -0.4 is 5.73 Å². The summed E-state index contributed by atoms with van der Waals surface area (Å²) in [6, 6.07) is 0. The van der Waals surface area contributed by atoms with Crippen LogP contribution >= 0.6 is 27.5 Å². The molecule has 56 valence electrons. The number of allylic oxidation sites excluding steroid dienone is 3. The van der Waals surface area contributed by atoms with E-state index in [2.05, 4.69) is 22.5 Å². The van der Waals surface area contributed by atoms with Gasteiger partial charge in [0.2, 0.25) is 0 Å². The van der Waals surface area contributed by atoms with Gasteiger partial charge >= 0.3 is 0 Å². The lowest BCUT2D eigenvalue weighted by molar-refractivity contribution is 0.433. The summed E-state index contributed by atoms with van der Waals surface area (Å²) < 4.78 is 0.437. The van der Waals surface area contributed by atoms with E-state index in [1.165, 1.54) is 12.2 Å². The summed E-state index contributed by atoms with van der Waals surface area (Å²) in [5.74, 6) is 0.00970. The topological polar surface area (TPSA) is 46.2 Å². The van der Waals surface area contributed by atoms with Gasteiger partial charge < -0.3 is 10.8 Å². The Labute approximate surface area is 72.8 Å². The predicted octanol–water partition coefficient (Wildman–Crippen LogP) is 2.38. The van der Waals surface area contributed by atoms with Gasteiger partial charge in [-0.25, -0.2) is 0 Å². The lowest BCUT2D eigenvalue weighted by Crippen LogP contribution is -1.89. The third-order valence-corrected chi connectivity index (χ3v) is 1.80. The highest BCUT2D eigenvalue weighted by Gasteiger charge is 1.92. The van der Waals surface area contributed by atoms with E-state index < -0.39 is 0 Å². The molecule has 0 atom stereocenters. The molecule has 0 aromatic rings. The first-order chi connectivity index (χ1) is 4.57. The maximum absolute atomic E-state index is 8.84. The highest BCUT2D eigenvalue weighted by molar-refractivity contribution is 9.12. The predicted molar refractivity (Wildman–Crippen MR) is 46.9 cm³/mol. The van der Waals surface area contributed by atoms with Crippen LogP contribution in [0.2, 0.25) is 0 Å². The Morgan fingerprint density at radius 1 is 1.70 bits per heavy atom. The van der Waals surface area contributed by atoms with Crippen LogP contribution in [0, 0.1) is 0 Å². The van der Waals surface area contributed by atoms with Crippen molar-refractivity contribution in [1.29, 1.82) is 0 Å². The van der Waals surface area contributed by atoms with Crippen LogP contribution in [0.5, 0.6) is 0 Å². The summed E-state index contributed by atoms with van der Waals surface area (Å²) in [6.45, 7) is 3.33. The molecule has 0 radical (unpaired) electrons. The first-order valence-corrected chi connectivity index (χ1v) is 3.59. The van der Waals surface area contributed by atoms with E-state index in [-0.39, 0.29) is 10.9 Å². The largest absolute Gasteiger partial charge is 0.508 e. The first kappa shape index (κ1) is 9.59. The monoisotopic (exact) mass is 223 g/mol. The Bertz CT molecular complexity index is 194. The summed E-state index contributed by atoms with van der Waals surface area (Å²) in [7, 11) is 0. The molecule has 0 aromatic heterocycles. The van der Waals surface area contributed by atoms with Crippen molar-refractivity contribution in [3.63, 3.8) is 0 Å². The standard InChI is InChI=1S/C6H7BrClNO/c1-2-4(10)3-5(7)6(8)9/h2-3,10H,1,9H2/b4-3+,6-5+. The molecule has 10 heavy (non-hydrogen) atoms. The Morgan fingerprint density at radius 3 is 2.50 bits per heavy atom. The molecule has 0 saturated heterocycles. The molecule has 0 amide bonds. The van der Waals surface area contributed by atoms with Crippen LogP contribution in [0.4, 0.5) is 0 Å². The minimum absolute atomic E-state index is 0.00970. The van der Waals surface area contributed by atoms with Crippen molar-refractivity contribution < 1.29 is 5.11 Å². The number of aliphatic hydroxyl groups is 1. The molecule has 0 spiro atoms. The van der Waals surface area contributed by atoms with Crippen LogP contribution in [0.1, 0.15) is 0 Å². The number of hydrogen-bond acceptors (Lipinski definition) is 2. The smallest absolute Gasteiger partial charge is 0.116 e. The highest BCUT2D eigenvalue weighted by atomic mass is 79.9. The molecule has 0 aliphatic heterocycles.